The Hall–Kier alpha value is -0.820. The van der Waals surface area contributed by atoms with Crippen molar-refractivity contribution in [2.45, 2.75) is 12.5 Å². The van der Waals surface area contributed by atoms with Gasteiger partial charge in [0.15, 0.2) is 0 Å². The van der Waals surface area contributed by atoms with Gasteiger partial charge in [-0.15, -0.1) is 12.4 Å². The van der Waals surface area contributed by atoms with Crippen LogP contribution in [0.1, 0.15) is 16.8 Å². The summed E-state index contributed by atoms with van der Waals surface area (Å²) in [5, 5.41) is 3.38. The first-order chi connectivity index (χ1) is 10.7. The van der Waals surface area contributed by atoms with Crippen molar-refractivity contribution < 1.29 is 9.53 Å². The lowest BCUT2D eigenvalue weighted by Crippen LogP contribution is -2.49. The number of halogens is 2. The molecule has 2 fully saturated rings. The van der Waals surface area contributed by atoms with Gasteiger partial charge in [0.1, 0.15) is 5.75 Å². The molecule has 3 rings (SSSR count). The molecule has 2 aliphatic heterocycles. The number of hydrogen-bond donors (Lipinski definition) is 1. The van der Waals surface area contributed by atoms with Crippen LogP contribution in [-0.4, -0.2) is 68.1 Å². The normalized spacial score (nSPS) is 21.8. The highest BCUT2D eigenvalue weighted by Crippen LogP contribution is 2.26. The number of carbonyl (C=O) groups is 1. The maximum absolute atomic E-state index is 12.8. The number of benzene rings is 1. The van der Waals surface area contributed by atoms with Gasteiger partial charge in [0.2, 0.25) is 0 Å². The van der Waals surface area contributed by atoms with Crippen molar-refractivity contribution in [3.8, 4) is 5.75 Å². The van der Waals surface area contributed by atoms with Crippen molar-refractivity contribution in [2.24, 2.45) is 0 Å². The quantitative estimate of drug-likeness (QED) is 0.837. The van der Waals surface area contributed by atoms with Crippen LogP contribution in [0, 0.1) is 0 Å². The fourth-order valence-electron chi connectivity index (χ4n) is 3.28. The van der Waals surface area contributed by atoms with Gasteiger partial charge in [-0.25, -0.2) is 0 Å². The molecule has 1 unspecified atom stereocenters. The van der Waals surface area contributed by atoms with Crippen LogP contribution in [-0.2, 0) is 0 Å². The zero-order chi connectivity index (χ0) is 15.5. The number of hydrogen-bond acceptors (Lipinski definition) is 4. The topological polar surface area (TPSA) is 44.8 Å². The summed E-state index contributed by atoms with van der Waals surface area (Å²) >= 11 is 3.41. The van der Waals surface area contributed by atoms with Gasteiger partial charge in [-0.3, -0.25) is 9.69 Å². The average Bonchev–Trinajstić information content (AvgIpc) is 3.05. The van der Waals surface area contributed by atoms with Crippen LogP contribution in [0.15, 0.2) is 22.7 Å². The van der Waals surface area contributed by atoms with E-state index < -0.39 is 0 Å². The molecule has 0 bridgehead atoms. The number of piperazine rings is 1. The molecular weight excluding hydrogens is 382 g/mol. The van der Waals surface area contributed by atoms with Gasteiger partial charge in [-0.05, 0) is 24.6 Å². The molecule has 0 saturated carbocycles. The summed E-state index contributed by atoms with van der Waals surface area (Å²) in [5.41, 5.74) is 0.645. The fraction of sp³-hybridized carbons (Fsp3) is 0.562. The number of nitrogens with zero attached hydrogens (tertiary/aromatic N) is 2. The van der Waals surface area contributed by atoms with Gasteiger partial charge in [0.05, 0.1) is 12.7 Å². The summed E-state index contributed by atoms with van der Waals surface area (Å²) in [5.74, 6) is 0.701. The zero-order valence-electron chi connectivity index (χ0n) is 13.3. The second-order valence-electron chi connectivity index (χ2n) is 5.82. The van der Waals surface area contributed by atoms with Gasteiger partial charge in [-0.1, -0.05) is 15.9 Å². The first-order valence-corrected chi connectivity index (χ1v) is 8.56. The average molecular weight is 405 g/mol. The molecular formula is C16H23BrClN3O2. The zero-order valence-corrected chi connectivity index (χ0v) is 15.7. The highest BCUT2D eigenvalue weighted by molar-refractivity contribution is 9.10. The molecule has 2 aliphatic rings. The highest BCUT2D eigenvalue weighted by Gasteiger charge is 2.32. The van der Waals surface area contributed by atoms with E-state index in [2.05, 4.69) is 26.1 Å². The monoisotopic (exact) mass is 403 g/mol. The Morgan fingerprint density at radius 2 is 2.04 bits per heavy atom. The van der Waals surface area contributed by atoms with Gasteiger partial charge in [-0.2, -0.15) is 0 Å². The number of nitrogens with one attached hydrogen (secondary N) is 1. The second-order valence-corrected chi connectivity index (χ2v) is 6.74. The molecule has 1 aromatic carbocycles. The van der Waals surface area contributed by atoms with Gasteiger partial charge in [0.25, 0.3) is 5.91 Å². The van der Waals surface area contributed by atoms with Gasteiger partial charge in [0, 0.05) is 49.8 Å². The van der Waals surface area contributed by atoms with E-state index in [9.17, 15) is 4.79 Å². The Kier molecular flexibility index (Phi) is 6.71. The smallest absolute Gasteiger partial charge is 0.257 e. The summed E-state index contributed by atoms with van der Waals surface area (Å²) in [4.78, 5) is 17.2. The van der Waals surface area contributed by atoms with E-state index in [1.807, 2.05) is 23.1 Å². The van der Waals surface area contributed by atoms with E-state index in [1.165, 1.54) is 0 Å². The number of rotatable bonds is 3. The molecule has 7 heteroatoms. The number of ether oxygens (including phenoxy) is 1. The molecule has 0 aromatic heterocycles. The number of methoxy groups -OCH3 is 1. The predicted octanol–water partition coefficient (Wildman–Crippen LogP) is 2.00. The van der Waals surface area contributed by atoms with Crippen LogP contribution in [0.5, 0.6) is 5.75 Å². The largest absolute Gasteiger partial charge is 0.496 e. The minimum absolute atomic E-state index is 0. The molecule has 128 valence electrons. The van der Waals surface area contributed by atoms with Crippen molar-refractivity contribution in [1.29, 1.82) is 0 Å². The Morgan fingerprint density at radius 1 is 1.30 bits per heavy atom. The Morgan fingerprint density at radius 3 is 2.74 bits per heavy atom. The third-order valence-electron chi connectivity index (χ3n) is 4.51. The van der Waals surface area contributed by atoms with Crippen LogP contribution in [0.2, 0.25) is 0 Å². The molecule has 1 N–H and O–H groups in total. The first-order valence-electron chi connectivity index (χ1n) is 7.76. The standard InChI is InChI=1S/C16H22BrN3O2.ClH/c1-22-15-10-12(17)2-3-14(15)16(21)20-7-4-13(11-20)19-8-5-18-6-9-19;/h2-3,10,13,18H,4-9,11H2,1H3;1H. The summed E-state index contributed by atoms with van der Waals surface area (Å²) in [7, 11) is 1.60. The van der Waals surface area contributed by atoms with Crippen LogP contribution in [0.25, 0.3) is 0 Å². The Balaban J connectivity index is 0.00000192. The molecule has 23 heavy (non-hydrogen) atoms. The number of amides is 1. The van der Waals surface area contributed by atoms with Gasteiger partial charge < -0.3 is 15.0 Å². The lowest BCUT2D eigenvalue weighted by atomic mass is 10.1. The Bertz CT molecular complexity index is 552. The van der Waals surface area contributed by atoms with E-state index in [-0.39, 0.29) is 18.3 Å². The van der Waals surface area contributed by atoms with Crippen LogP contribution in [0.3, 0.4) is 0 Å². The molecule has 1 amide bonds. The van der Waals surface area contributed by atoms with Crippen LogP contribution >= 0.6 is 28.3 Å². The number of carbonyl (C=O) groups excluding carboxylic acids is 1. The maximum Gasteiger partial charge on any atom is 0.257 e. The molecule has 0 aliphatic carbocycles. The van der Waals surface area contributed by atoms with Crippen molar-refractivity contribution in [2.75, 3.05) is 46.4 Å². The molecule has 0 spiro atoms. The van der Waals surface area contributed by atoms with Crippen molar-refractivity contribution in [1.82, 2.24) is 15.1 Å². The first kappa shape index (κ1) is 18.5. The minimum Gasteiger partial charge on any atom is -0.496 e. The molecule has 2 heterocycles. The predicted molar refractivity (Wildman–Crippen MR) is 96.7 cm³/mol. The van der Waals surface area contributed by atoms with Gasteiger partial charge >= 0.3 is 0 Å². The molecule has 5 nitrogen and oxygen atoms in total. The van der Waals surface area contributed by atoms with E-state index in [0.717, 1.165) is 50.2 Å². The van der Waals surface area contributed by atoms with Crippen LogP contribution in [0.4, 0.5) is 0 Å². The molecule has 1 atom stereocenters. The third-order valence-corrected chi connectivity index (χ3v) is 5.01. The molecule has 1 aromatic rings. The SMILES string of the molecule is COc1cc(Br)ccc1C(=O)N1CCC(N2CCNCC2)C1.Cl. The highest BCUT2D eigenvalue weighted by atomic mass is 79.9. The van der Waals surface area contributed by atoms with Crippen molar-refractivity contribution in [3.63, 3.8) is 0 Å². The summed E-state index contributed by atoms with van der Waals surface area (Å²) in [6.07, 6.45) is 1.06. The van der Waals surface area contributed by atoms with Crippen LogP contribution < -0.4 is 10.1 Å². The minimum atomic E-state index is 0. The lowest BCUT2D eigenvalue weighted by Gasteiger charge is -2.32. The van der Waals surface area contributed by atoms with E-state index in [1.54, 1.807) is 7.11 Å². The molecule has 2 saturated heterocycles. The van der Waals surface area contributed by atoms with E-state index >= 15 is 0 Å². The summed E-state index contributed by atoms with van der Waals surface area (Å²) in [6, 6.07) is 6.06. The third kappa shape index (κ3) is 4.18. The Labute approximate surface area is 151 Å². The number of likely N-dealkylation sites (tertiary alicyclic amines) is 1. The maximum atomic E-state index is 12.8. The fourth-order valence-corrected chi connectivity index (χ4v) is 3.62. The lowest BCUT2D eigenvalue weighted by molar-refractivity contribution is 0.0770. The molecule has 0 radical (unpaired) electrons. The van der Waals surface area contributed by atoms with E-state index in [0.29, 0.717) is 17.4 Å². The van der Waals surface area contributed by atoms with Crippen molar-refractivity contribution in [3.05, 3.63) is 28.2 Å². The second kappa shape index (κ2) is 8.33. The van der Waals surface area contributed by atoms with E-state index in [4.69, 9.17) is 4.74 Å². The van der Waals surface area contributed by atoms with Crippen molar-refractivity contribution >= 4 is 34.2 Å². The summed E-state index contributed by atoms with van der Waals surface area (Å²) < 4.78 is 6.27. The summed E-state index contributed by atoms with van der Waals surface area (Å²) in [6.45, 7) is 5.89.